The van der Waals surface area contributed by atoms with Gasteiger partial charge in [0.1, 0.15) is 5.01 Å². The molecule has 0 atom stereocenters. The molecule has 1 amide bonds. The number of hydrogen-bond acceptors (Lipinski definition) is 6. The van der Waals surface area contributed by atoms with Crippen LogP contribution < -0.4 is 10.2 Å². The average molecular weight is 380 g/mol. The van der Waals surface area contributed by atoms with Gasteiger partial charge in [0.2, 0.25) is 5.91 Å². The first-order valence-corrected chi connectivity index (χ1v) is 9.74. The number of benzene rings is 1. The summed E-state index contributed by atoms with van der Waals surface area (Å²) < 4.78 is 5.38. The highest BCUT2D eigenvalue weighted by molar-refractivity contribution is 7.13. The number of ether oxygens (including phenoxy) is 1. The lowest BCUT2D eigenvalue weighted by Gasteiger charge is -2.28. The Balaban J connectivity index is 1.35. The van der Waals surface area contributed by atoms with Crippen LogP contribution in [0.3, 0.4) is 0 Å². The van der Waals surface area contributed by atoms with E-state index in [0.717, 1.165) is 54.1 Å². The van der Waals surface area contributed by atoms with Crippen molar-refractivity contribution in [1.82, 2.24) is 9.97 Å². The van der Waals surface area contributed by atoms with Crippen molar-refractivity contribution in [1.29, 1.82) is 0 Å². The fourth-order valence-corrected chi connectivity index (χ4v) is 3.74. The van der Waals surface area contributed by atoms with Gasteiger partial charge in [-0.2, -0.15) is 0 Å². The maximum atomic E-state index is 12.3. The fraction of sp³-hybridized carbons (Fsp3) is 0.250. The van der Waals surface area contributed by atoms with Crippen molar-refractivity contribution in [2.24, 2.45) is 0 Å². The van der Waals surface area contributed by atoms with E-state index in [9.17, 15) is 4.79 Å². The van der Waals surface area contributed by atoms with Gasteiger partial charge in [-0.25, -0.2) is 4.98 Å². The number of carbonyl (C=O) groups excluding carboxylic acids is 1. The summed E-state index contributed by atoms with van der Waals surface area (Å²) in [7, 11) is 0. The zero-order valence-corrected chi connectivity index (χ0v) is 15.6. The smallest absolute Gasteiger partial charge is 0.230 e. The number of hydrogen-bond donors (Lipinski definition) is 1. The van der Waals surface area contributed by atoms with E-state index in [1.165, 1.54) is 11.3 Å². The molecule has 4 rings (SSSR count). The lowest BCUT2D eigenvalue weighted by molar-refractivity contribution is -0.115. The zero-order chi connectivity index (χ0) is 18.5. The van der Waals surface area contributed by atoms with E-state index >= 15 is 0 Å². The second-order valence-electron chi connectivity index (χ2n) is 6.23. The first kappa shape index (κ1) is 17.6. The number of rotatable bonds is 5. The molecule has 3 aromatic rings. The molecule has 2 aromatic heterocycles. The monoisotopic (exact) mass is 380 g/mol. The van der Waals surface area contributed by atoms with Crippen LogP contribution in [-0.4, -0.2) is 42.2 Å². The Morgan fingerprint density at radius 3 is 2.70 bits per heavy atom. The summed E-state index contributed by atoms with van der Waals surface area (Å²) in [5.41, 5.74) is 3.52. The van der Waals surface area contributed by atoms with E-state index in [4.69, 9.17) is 4.74 Å². The van der Waals surface area contributed by atoms with Crippen LogP contribution in [0.1, 0.15) is 5.69 Å². The Morgan fingerprint density at radius 2 is 1.96 bits per heavy atom. The maximum Gasteiger partial charge on any atom is 0.230 e. The molecule has 0 radical (unpaired) electrons. The summed E-state index contributed by atoms with van der Waals surface area (Å²) in [6.07, 6.45) is 1.98. The highest BCUT2D eigenvalue weighted by atomic mass is 32.1. The number of nitrogens with zero attached hydrogens (tertiary/aromatic N) is 3. The topological polar surface area (TPSA) is 67.4 Å². The maximum absolute atomic E-state index is 12.3. The highest BCUT2D eigenvalue weighted by Crippen LogP contribution is 2.22. The number of morpholine rings is 1. The number of amides is 1. The minimum atomic E-state index is -0.0769. The van der Waals surface area contributed by atoms with Crippen LogP contribution in [0.2, 0.25) is 0 Å². The average Bonchev–Trinajstić information content (AvgIpc) is 3.18. The van der Waals surface area contributed by atoms with Gasteiger partial charge < -0.3 is 15.0 Å². The van der Waals surface area contributed by atoms with Crippen molar-refractivity contribution in [2.45, 2.75) is 6.42 Å². The molecule has 138 valence electrons. The van der Waals surface area contributed by atoms with Crippen LogP contribution in [-0.2, 0) is 16.0 Å². The molecule has 1 N–H and O–H groups in total. The molecule has 7 heteroatoms. The van der Waals surface area contributed by atoms with Crippen molar-refractivity contribution < 1.29 is 9.53 Å². The molecule has 0 saturated carbocycles. The third-order valence-corrected chi connectivity index (χ3v) is 5.22. The number of thiazole rings is 1. The van der Waals surface area contributed by atoms with Gasteiger partial charge in [0.15, 0.2) is 0 Å². The molecule has 1 aliphatic rings. The standard InChI is InChI=1S/C20H20N4O2S/c25-19(13-16-14-27-20(23-16)18-3-1-2-8-21-18)22-15-4-6-17(7-5-15)24-9-11-26-12-10-24/h1-8,14H,9-13H2,(H,22,25). The van der Waals surface area contributed by atoms with Gasteiger partial charge in [0, 0.05) is 36.0 Å². The third-order valence-electron chi connectivity index (χ3n) is 4.30. The molecule has 0 bridgehead atoms. The molecular formula is C20H20N4O2S. The molecule has 0 spiro atoms. The van der Waals surface area contributed by atoms with Crippen LogP contribution in [0.4, 0.5) is 11.4 Å². The molecule has 6 nitrogen and oxygen atoms in total. The Bertz CT molecular complexity index is 890. The number of anilines is 2. The van der Waals surface area contributed by atoms with Crippen LogP contribution >= 0.6 is 11.3 Å². The molecular weight excluding hydrogens is 360 g/mol. The van der Waals surface area contributed by atoms with E-state index in [0.29, 0.717) is 0 Å². The molecule has 0 unspecified atom stereocenters. The third kappa shape index (κ3) is 4.50. The van der Waals surface area contributed by atoms with Crippen LogP contribution in [0, 0.1) is 0 Å². The molecule has 0 aliphatic carbocycles. The van der Waals surface area contributed by atoms with E-state index < -0.39 is 0 Å². The first-order valence-electron chi connectivity index (χ1n) is 8.86. The second kappa shape index (κ2) is 8.28. The Hall–Kier alpha value is -2.77. The molecule has 27 heavy (non-hydrogen) atoms. The quantitative estimate of drug-likeness (QED) is 0.736. The van der Waals surface area contributed by atoms with E-state index in [1.807, 2.05) is 47.8 Å². The van der Waals surface area contributed by atoms with E-state index in [2.05, 4.69) is 20.2 Å². The number of nitrogens with one attached hydrogen (secondary N) is 1. The molecule has 3 heterocycles. The van der Waals surface area contributed by atoms with Gasteiger partial charge >= 0.3 is 0 Å². The SMILES string of the molecule is O=C(Cc1csc(-c2ccccn2)n1)Nc1ccc(N2CCOCC2)cc1. The zero-order valence-electron chi connectivity index (χ0n) is 14.8. The van der Waals surface area contributed by atoms with Gasteiger partial charge in [-0.3, -0.25) is 9.78 Å². The van der Waals surface area contributed by atoms with Gasteiger partial charge in [-0.05, 0) is 36.4 Å². The van der Waals surface area contributed by atoms with E-state index in [-0.39, 0.29) is 12.3 Å². The van der Waals surface area contributed by atoms with Crippen molar-refractivity contribution in [2.75, 3.05) is 36.5 Å². The number of pyridine rings is 1. The minimum absolute atomic E-state index is 0.0769. The minimum Gasteiger partial charge on any atom is -0.378 e. The van der Waals surface area contributed by atoms with Crippen molar-refractivity contribution in [3.8, 4) is 10.7 Å². The van der Waals surface area contributed by atoms with Gasteiger partial charge in [0.05, 0.1) is 31.0 Å². The molecule has 1 aromatic carbocycles. The fourth-order valence-electron chi connectivity index (χ4n) is 2.94. The summed E-state index contributed by atoms with van der Waals surface area (Å²) in [4.78, 5) is 23.4. The largest absolute Gasteiger partial charge is 0.378 e. The normalized spacial score (nSPS) is 14.1. The summed E-state index contributed by atoms with van der Waals surface area (Å²) in [5.74, 6) is -0.0769. The summed E-state index contributed by atoms with van der Waals surface area (Å²) in [6, 6.07) is 13.6. The lowest BCUT2D eigenvalue weighted by atomic mass is 10.2. The Labute approximate surface area is 161 Å². The molecule has 1 aliphatic heterocycles. The predicted molar refractivity (Wildman–Crippen MR) is 107 cm³/mol. The highest BCUT2D eigenvalue weighted by Gasteiger charge is 2.12. The summed E-state index contributed by atoms with van der Waals surface area (Å²) >= 11 is 1.50. The van der Waals surface area contributed by atoms with Crippen LogP contribution in [0.5, 0.6) is 0 Å². The molecule has 1 saturated heterocycles. The molecule has 1 fully saturated rings. The lowest BCUT2D eigenvalue weighted by Crippen LogP contribution is -2.36. The Morgan fingerprint density at radius 1 is 1.15 bits per heavy atom. The Kier molecular flexibility index (Phi) is 5.41. The number of aromatic nitrogens is 2. The van der Waals surface area contributed by atoms with E-state index in [1.54, 1.807) is 6.20 Å². The van der Waals surface area contributed by atoms with Gasteiger partial charge in [-0.15, -0.1) is 11.3 Å². The van der Waals surface area contributed by atoms with Gasteiger partial charge in [-0.1, -0.05) is 6.07 Å². The van der Waals surface area contributed by atoms with Crippen molar-refractivity contribution >= 4 is 28.6 Å². The first-order chi connectivity index (χ1) is 13.3. The van der Waals surface area contributed by atoms with Gasteiger partial charge in [0.25, 0.3) is 0 Å². The summed E-state index contributed by atoms with van der Waals surface area (Å²) in [5, 5.41) is 5.67. The van der Waals surface area contributed by atoms with Crippen molar-refractivity contribution in [3.05, 3.63) is 59.7 Å². The predicted octanol–water partition coefficient (Wildman–Crippen LogP) is 3.22. The van der Waals surface area contributed by atoms with Crippen LogP contribution in [0.15, 0.2) is 54.0 Å². The summed E-state index contributed by atoms with van der Waals surface area (Å²) in [6.45, 7) is 3.31. The second-order valence-corrected chi connectivity index (χ2v) is 7.09. The van der Waals surface area contributed by atoms with Crippen LogP contribution in [0.25, 0.3) is 10.7 Å². The number of carbonyl (C=O) groups is 1. The van der Waals surface area contributed by atoms with Crippen molar-refractivity contribution in [3.63, 3.8) is 0 Å².